The summed E-state index contributed by atoms with van der Waals surface area (Å²) in [6, 6.07) is 5.78. The number of hydrogen-bond acceptors (Lipinski definition) is 4. The van der Waals surface area contributed by atoms with Crippen molar-refractivity contribution in [2.45, 2.75) is 38.7 Å². The van der Waals surface area contributed by atoms with Crippen molar-refractivity contribution in [1.29, 1.82) is 0 Å². The Morgan fingerprint density at radius 2 is 1.76 bits per heavy atom. The fourth-order valence-electron chi connectivity index (χ4n) is 2.45. The fourth-order valence-corrected chi connectivity index (χ4v) is 2.45. The van der Waals surface area contributed by atoms with E-state index < -0.39 is 11.0 Å². The van der Waals surface area contributed by atoms with Gasteiger partial charge in [-0.2, -0.15) is 0 Å². The molecule has 2 rings (SSSR count). The summed E-state index contributed by atoms with van der Waals surface area (Å²) in [4.78, 5) is 24.3. The molecule has 1 aromatic carbocycles. The molecule has 6 heteroatoms. The predicted molar refractivity (Wildman–Crippen MR) is 78.2 cm³/mol. The molecule has 0 saturated carbocycles. The molecule has 0 radical (unpaired) electrons. The third-order valence-corrected chi connectivity index (χ3v) is 3.63. The van der Waals surface area contributed by atoms with E-state index in [2.05, 4.69) is 0 Å². The second kappa shape index (κ2) is 7.06. The molecule has 1 unspecified atom stereocenters. The summed E-state index contributed by atoms with van der Waals surface area (Å²) in [7, 11) is 0. The van der Waals surface area contributed by atoms with Gasteiger partial charge < -0.3 is 9.64 Å². The lowest BCUT2D eigenvalue weighted by atomic mass is 10.2. The molecule has 0 spiro atoms. The van der Waals surface area contributed by atoms with E-state index in [0.717, 1.165) is 25.9 Å². The summed E-state index contributed by atoms with van der Waals surface area (Å²) in [6.07, 6.45) is 3.83. The van der Waals surface area contributed by atoms with Crippen LogP contribution in [0.4, 0.5) is 5.69 Å². The summed E-state index contributed by atoms with van der Waals surface area (Å²) < 4.78 is 5.59. The first kappa shape index (κ1) is 15.3. The van der Waals surface area contributed by atoms with Crippen molar-refractivity contribution in [3.05, 3.63) is 34.4 Å². The third-order valence-electron chi connectivity index (χ3n) is 3.63. The van der Waals surface area contributed by atoms with Crippen LogP contribution >= 0.6 is 0 Å². The Labute approximate surface area is 123 Å². The van der Waals surface area contributed by atoms with E-state index in [1.54, 1.807) is 6.92 Å². The molecule has 1 atom stereocenters. The van der Waals surface area contributed by atoms with E-state index in [-0.39, 0.29) is 11.6 Å². The topological polar surface area (TPSA) is 72.7 Å². The summed E-state index contributed by atoms with van der Waals surface area (Å²) in [6.45, 7) is 3.29. The molecule has 1 aliphatic rings. The van der Waals surface area contributed by atoms with Crippen molar-refractivity contribution in [1.82, 2.24) is 4.90 Å². The van der Waals surface area contributed by atoms with Crippen molar-refractivity contribution in [3.8, 4) is 5.75 Å². The van der Waals surface area contributed by atoms with Gasteiger partial charge in [0.1, 0.15) is 5.75 Å². The van der Waals surface area contributed by atoms with Crippen molar-refractivity contribution in [3.63, 3.8) is 0 Å². The third kappa shape index (κ3) is 4.18. The maximum absolute atomic E-state index is 12.3. The Bertz CT molecular complexity index is 493. The molecule has 1 fully saturated rings. The standard InChI is InChI=1S/C15H20N2O4/c1-12(15(18)16-10-4-2-3-5-11-16)21-14-8-6-13(7-9-14)17(19)20/h6-9,12H,2-5,10-11H2,1H3. The second-order valence-electron chi connectivity index (χ2n) is 5.25. The van der Waals surface area contributed by atoms with Gasteiger partial charge in [0.15, 0.2) is 6.10 Å². The van der Waals surface area contributed by atoms with Crippen molar-refractivity contribution < 1.29 is 14.5 Å². The normalized spacial score (nSPS) is 16.9. The number of nitro groups is 1. The number of hydrogen-bond donors (Lipinski definition) is 0. The Balaban J connectivity index is 1.94. The van der Waals surface area contributed by atoms with Gasteiger partial charge in [-0.15, -0.1) is 0 Å². The highest BCUT2D eigenvalue weighted by atomic mass is 16.6. The number of nitro benzene ring substituents is 1. The van der Waals surface area contributed by atoms with E-state index in [4.69, 9.17) is 4.74 Å². The largest absolute Gasteiger partial charge is 0.481 e. The molecule has 1 heterocycles. The molecule has 1 aliphatic heterocycles. The van der Waals surface area contributed by atoms with Crippen molar-refractivity contribution in [2.24, 2.45) is 0 Å². The number of ether oxygens (including phenoxy) is 1. The number of carbonyl (C=O) groups is 1. The smallest absolute Gasteiger partial charge is 0.269 e. The number of carbonyl (C=O) groups excluding carboxylic acids is 1. The Morgan fingerprint density at radius 1 is 1.19 bits per heavy atom. The van der Waals surface area contributed by atoms with E-state index in [9.17, 15) is 14.9 Å². The van der Waals surface area contributed by atoms with Gasteiger partial charge in [0.25, 0.3) is 11.6 Å². The summed E-state index contributed by atoms with van der Waals surface area (Å²) >= 11 is 0. The molecule has 0 bridgehead atoms. The zero-order valence-electron chi connectivity index (χ0n) is 12.2. The van der Waals surface area contributed by atoms with Gasteiger partial charge in [0.2, 0.25) is 0 Å². The average molecular weight is 292 g/mol. The Hall–Kier alpha value is -2.11. The highest BCUT2D eigenvalue weighted by Crippen LogP contribution is 2.19. The van der Waals surface area contributed by atoms with Crippen LogP contribution in [0.15, 0.2) is 24.3 Å². The summed E-state index contributed by atoms with van der Waals surface area (Å²) in [5.74, 6) is 0.450. The molecular formula is C15H20N2O4. The molecule has 0 aromatic heterocycles. The van der Waals surface area contributed by atoms with Crippen LogP contribution in [0.5, 0.6) is 5.75 Å². The Morgan fingerprint density at radius 3 is 2.29 bits per heavy atom. The monoisotopic (exact) mass is 292 g/mol. The quantitative estimate of drug-likeness (QED) is 0.632. The van der Waals surface area contributed by atoms with Crippen LogP contribution in [0, 0.1) is 10.1 Å². The summed E-state index contributed by atoms with van der Waals surface area (Å²) in [5.41, 5.74) is 0.00819. The first-order valence-corrected chi connectivity index (χ1v) is 7.28. The number of nitrogens with zero attached hydrogens (tertiary/aromatic N) is 2. The molecule has 114 valence electrons. The minimum absolute atomic E-state index is 0.00819. The molecule has 21 heavy (non-hydrogen) atoms. The first-order valence-electron chi connectivity index (χ1n) is 7.28. The second-order valence-corrected chi connectivity index (χ2v) is 5.25. The van der Waals surface area contributed by atoms with Gasteiger partial charge >= 0.3 is 0 Å². The van der Waals surface area contributed by atoms with Crippen LogP contribution < -0.4 is 4.74 Å². The lowest BCUT2D eigenvalue weighted by Gasteiger charge is -2.24. The van der Waals surface area contributed by atoms with Crippen LogP contribution in [0.3, 0.4) is 0 Å². The van der Waals surface area contributed by atoms with Gasteiger partial charge in [0, 0.05) is 25.2 Å². The maximum Gasteiger partial charge on any atom is 0.269 e. The van der Waals surface area contributed by atoms with Crippen molar-refractivity contribution >= 4 is 11.6 Å². The van der Waals surface area contributed by atoms with E-state index in [1.165, 1.54) is 37.1 Å². The van der Waals surface area contributed by atoms with Gasteiger partial charge in [-0.3, -0.25) is 14.9 Å². The molecular weight excluding hydrogens is 272 g/mol. The highest BCUT2D eigenvalue weighted by Gasteiger charge is 2.22. The van der Waals surface area contributed by atoms with Crippen molar-refractivity contribution in [2.75, 3.05) is 13.1 Å². The molecule has 0 aliphatic carbocycles. The molecule has 6 nitrogen and oxygen atoms in total. The lowest BCUT2D eigenvalue weighted by Crippen LogP contribution is -2.40. The average Bonchev–Trinajstić information content (AvgIpc) is 2.76. The molecule has 1 aromatic rings. The zero-order chi connectivity index (χ0) is 15.2. The van der Waals surface area contributed by atoms with Crippen LogP contribution in [0.1, 0.15) is 32.6 Å². The SMILES string of the molecule is CC(Oc1ccc([N+](=O)[O-])cc1)C(=O)N1CCCCCC1. The number of benzene rings is 1. The number of rotatable bonds is 4. The van der Waals surface area contributed by atoms with Gasteiger partial charge in [-0.05, 0) is 31.9 Å². The van der Waals surface area contributed by atoms with Gasteiger partial charge in [-0.25, -0.2) is 0 Å². The molecule has 1 amide bonds. The fraction of sp³-hybridized carbons (Fsp3) is 0.533. The highest BCUT2D eigenvalue weighted by molar-refractivity contribution is 5.80. The lowest BCUT2D eigenvalue weighted by molar-refractivity contribution is -0.384. The van der Waals surface area contributed by atoms with Gasteiger partial charge in [0.05, 0.1) is 4.92 Å². The maximum atomic E-state index is 12.3. The number of likely N-dealkylation sites (tertiary alicyclic amines) is 1. The zero-order valence-corrected chi connectivity index (χ0v) is 12.2. The minimum atomic E-state index is -0.579. The summed E-state index contributed by atoms with van der Waals surface area (Å²) in [5, 5.41) is 10.6. The van der Waals surface area contributed by atoms with Crippen LogP contribution in [0.25, 0.3) is 0 Å². The van der Waals surface area contributed by atoms with E-state index in [1.807, 2.05) is 4.90 Å². The Kier molecular flexibility index (Phi) is 5.14. The van der Waals surface area contributed by atoms with Crippen LogP contribution in [-0.4, -0.2) is 34.9 Å². The first-order chi connectivity index (χ1) is 10.1. The van der Waals surface area contributed by atoms with Gasteiger partial charge in [-0.1, -0.05) is 12.8 Å². The van der Waals surface area contributed by atoms with Crippen LogP contribution in [0.2, 0.25) is 0 Å². The number of non-ortho nitro benzene ring substituents is 1. The van der Waals surface area contributed by atoms with E-state index >= 15 is 0 Å². The molecule has 1 saturated heterocycles. The number of amides is 1. The molecule has 0 N–H and O–H groups in total. The minimum Gasteiger partial charge on any atom is -0.481 e. The van der Waals surface area contributed by atoms with Crippen LogP contribution in [-0.2, 0) is 4.79 Å². The predicted octanol–water partition coefficient (Wildman–Crippen LogP) is 2.76. The van der Waals surface area contributed by atoms with E-state index in [0.29, 0.717) is 5.75 Å².